The Morgan fingerprint density at radius 2 is 1.14 bits per heavy atom. The van der Waals surface area contributed by atoms with Gasteiger partial charge in [0.05, 0.1) is 0 Å². The van der Waals surface area contributed by atoms with Gasteiger partial charge in [0, 0.05) is 25.8 Å². The summed E-state index contributed by atoms with van der Waals surface area (Å²) in [6.07, 6.45) is 5.54. The first-order valence-corrected chi connectivity index (χ1v) is 2.91. The Morgan fingerprint density at radius 3 is 1.29 bits per heavy atom. The molecule has 42 valence electrons. The van der Waals surface area contributed by atoms with Gasteiger partial charge in [0.1, 0.15) is 0 Å². The molecule has 0 aromatic carbocycles. The monoisotopic (exact) mass is 266 g/mol. The summed E-state index contributed by atoms with van der Waals surface area (Å²) >= 11 is 0. The smallest absolute Gasteiger partial charge is 0 e. The van der Waals surface area contributed by atoms with E-state index in [1.54, 1.807) is 0 Å². The minimum atomic E-state index is 0. The van der Waals surface area contributed by atoms with Crippen molar-refractivity contribution in [2.24, 2.45) is 0 Å². The van der Waals surface area contributed by atoms with Gasteiger partial charge in [0.2, 0.25) is 0 Å². The molecule has 7 heavy (non-hydrogen) atoms. The van der Waals surface area contributed by atoms with Gasteiger partial charge >= 0.3 is 0 Å². The SMILES string of the molecule is CCCCCC.[Hf]. The van der Waals surface area contributed by atoms with Crippen LogP contribution in [0.15, 0.2) is 0 Å². The van der Waals surface area contributed by atoms with Gasteiger partial charge < -0.3 is 0 Å². The fourth-order valence-electron chi connectivity index (χ4n) is 0.500. The summed E-state index contributed by atoms with van der Waals surface area (Å²) in [4.78, 5) is 0. The van der Waals surface area contributed by atoms with Crippen LogP contribution in [0.3, 0.4) is 0 Å². The zero-order valence-electron chi connectivity index (χ0n) is 5.33. The molecule has 0 heterocycles. The first-order chi connectivity index (χ1) is 2.91. The average molecular weight is 265 g/mol. The van der Waals surface area contributed by atoms with Crippen LogP contribution in [0.2, 0.25) is 0 Å². The molecule has 0 atom stereocenters. The van der Waals surface area contributed by atoms with Crippen LogP contribution in [0.5, 0.6) is 0 Å². The topological polar surface area (TPSA) is 0 Å². The van der Waals surface area contributed by atoms with Crippen molar-refractivity contribution in [3.05, 3.63) is 0 Å². The Balaban J connectivity index is 0. The number of hydrogen-bond acceptors (Lipinski definition) is 0. The third-order valence-electron chi connectivity index (χ3n) is 0.957. The van der Waals surface area contributed by atoms with Crippen LogP contribution in [0, 0.1) is 0 Å². The van der Waals surface area contributed by atoms with Gasteiger partial charge in [0.15, 0.2) is 0 Å². The van der Waals surface area contributed by atoms with Crippen LogP contribution in [-0.2, 0) is 25.8 Å². The maximum atomic E-state index is 2.23. The second-order valence-electron chi connectivity index (χ2n) is 1.71. The molecule has 0 bridgehead atoms. The van der Waals surface area contributed by atoms with Gasteiger partial charge in [-0.25, -0.2) is 0 Å². The van der Waals surface area contributed by atoms with E-state index < -0.39 is 0 Å². The summed E-state index contributed by atoms with van der Waals surface area (Å²) in [7, 11) is 0. The second kappa shape index (κ2) is 9.98. The van der Waals surface area contributed by atoms with E-state index in [4.69, 9.17) is 0 Å². The Kier molecular flexibility index (Phi) is 15.4. The van der Waals surface area contributed by atoms with E-state index in [0.717, 1.165) is 0 Å². The standard InChI is InChI=1S/C6H14.Hf/c1-3-5-6-4-2;/h3-6H2,1-2H3;. The first kappa shape index (κ1) is 10.8. The molecule has 0 aromatic heterocycles. The molecule has 0 aliphatic heterocycles. The van der Waals surface area contributed by atoms with Crippen molar-refractivity contribution in [2.45, 2.75) is 39.5 Å². The predicted molar refractivity (Wildman–Crippen MR) is 29.8 cm³/mol. The molecule has 0 unspecified atom stereocenters. The fraction of sp³-hybridized carbons (Fsp3) is 1.00. The van der Waals surface area contributed by atoms with Crippen molar-refractivity contribution in [3.63, 3.8) is 0 Å². The van der Waals surface area contributed by atoms with Crippen molar-refractivity contribution < 1.29 is 25.8 Å². The summed E-state index contributed by atoms with van der Waals surface area (Å²) in [6, 6.07) is 0. The predicted octanol–water partition coefficient (Wildman–Crippen LogP) is 2.58. The zero-order chi connectivity index (χ0) is 4.83. The molecule has 0 saturated carbocycles. The molecule has 0 amide bonds. The van der Waals surface area contributed by atoms with Crippen molar-refractivity contribution in [1.29, 1.82) is 0 Å². The van der Waals surface area contributed by atoms with E-state index >= 15 is 0 Å². The summed E-state index contributed by atoms with van der Waals surface area (Å²) in [5.41, 5.74) is 0. The van der Waals surface area contributed by atoms with E-state index in [1.807, 2.05) is 0 Å². The van der Waals surface area contributed by atoms with Crippen molar-refractivity contribution in [1.82, 2.24) is 0 Å². The van der Waals surface area contributed by atoms with E-state index in [9.17, 15) is 0 Å². The third kappa shape index (κ3) is 10.9. The molecule has 0 aromatic rings. The van der Waals surface area contributed by atoms with Crippen molar-refractivity contribution in [3.8, 4) is 0 Å². The van der Waals surface area contributed by atoms with E-state index in [0.29, 0.717) is 0 Å². The molecule has 1 heteroatoms. The molecule has 0 nitrogen and oxygen atoms in total. The second-order valence-corrected chi connectivity index (χ2v) is 1.71. The molecule has 0 saturated heterocycles. The molecular formula is C6H14Hf. The summed E-state index contributed by atoms with van der Waals surface area (Å²) in [5, 5.41) is 0. The quantitative estimate of drug-likeness (QED) is 0.543. The van der Waals surface area contributed by atoms with Crippen LogP contribution in [-0.4, -0.2) is 0 Å². The van der Waals surface area contributed by atoms with Crippen LogP contribution < -0.4 is 0 Å². The molecule has 0 fully saturated rings. The fourth-order valence-corrected chi connectivity index (χ4v) is 0.500. The number of hydrogen-bond donors (Lipinski definition) is 0. The minimum Gasteiger partial charge on any atom is -0.0654 e. The summed E-state index contributed by atoms with van der Waals surface area (Å²) in [5.74, 6) is 0. The Morgan fingerprint density at radius 1 is 0.857 bits per heavy atom. The summed E-state index contributed by atoms with van der Waals surface area (Å²) < 4.78 is 0. The maximum Gasteiger partial charge on any atom is 0 e. The van der Waals surface area contributed by atoms with Crippen LogP contribution in [0.4, 0.5) is 0 Å². The average Bonchev–Trinajstić information content (AvgIpc) is 1.61. The van der Waals surface area contributed by atoms with Crippen molar-refractivity contribution >= 4 is 0 Å². The Labute approximate surface area is 65.5 Å². The molecular weight excluding hydrogens is 251 g/mol. The third-order valence-corrected chi connectivity index (χ3v) is 0.957. The van der Waals surface area contributed by atoms with Gasteiger partial charge in [0.25, 0.3) is 0 Å². The largest absolute Gasteiger partial charge is 0.0654 e. The van der Waals surface area contributed by atoms with Gasteiger partial charge in [-0.1, -0.05) is 39.5 Å². The zero-order valence-corrected chi connectivity index (χ0v) is 8.92. The maximum absolute atomic E-state index is 2.23. The molecule has 0 aliphatic carbocycles. The van der Waals surface area contributed by atoms with Crippen LogP contribution >= 0.6 is 0 Å². The van der Waals surface area contributed by atoms with Gasteiger partial charge in [-0.15, -0.1) is 0 Å². The Hall–Kier alpha value is 0.870. The van der Waals surface area contributed by atoms with E-state index in [-0.39, 0.29) is 25.8 Å². The molecule has 0 N–H and O–H groups in total. The summed E-state index contributed by atoms with van der Waals surface area (Å²) in [6.45, 7) is 4.46. The van der Waals surface area contributed by atoms with E-state index in [2.05, 4.69) is 13.8 Å². The Bertz CT molecular complexity index is 16.1. The van der Waals surface area contributed by atoms with Gasteiger partial charge in [-0.2, -0.15) is 0 Å². The first-order valence-electron chi connectivity index (χ1n) is 2.91. The van der Waals surface area contributed by atoms with Gasteiger partial charge in [-0.05, 0) is 0 Å². The van der Waals surface area contributed by atoms with Crippen molar-refractivity contribution in [2.75, 3.05) is 0 Å². The van der Waals surface area contributed by atoms with Gasteiger partial charge in [-0.3, -0.25) is 0 Å². The number of rotatable bonds is 3. The molecule has 0 aliphatic rings. The van der Waals surface area contributed by atoms with Crippen LogP contribution in [0.25, 0.3) is 0 Å². The molecule has 0 spiro atoms. The molecule has 0 radical (unpaired) electrons. The van der Waals surface area contributed by atoms with Crippen LogP contribution in [0.1, 0.15) is 39.5 Å². The minimum absolute atomic E-state index is 0. The number of unbranched alkanes of at least 4 members (excludes halogenated alkanes) is 3. The normalized spacial score (nSPS) is 7.71. The van der Waals surface area contributed by atoms with E-state index in [1.165, 1.54) is 25.7 Å². The molecule has 0 rings (SSSR count).